The van der Waals surface area contributed by atoms with Crippen molar-refractivity contribution in [1.82, 2.24) is 4.90 Å². The molecular weight excluding hydrogens is 162 g/mol. The van der Waals surface area contributed by atoms with Gasteiger partial charge in [-0.1, -0.05) is 20.8 Å². The molecule has 0 aliphatic heterocycles. The molecule has 2 nitrogen and oxygen atoms in total. The van der Waals surface area contributed by atoms with Crippen LogP contribution in [0.2, 0.25) is 0 Å². The lowest BCUT2D eigenvalue weighted by atomic mass is 10.1. The zero-order valence-electron chi connectivity index (χ0n) is 9.16. The van der Waals surface area contributed by atoms with Crippen LogP contribution in [0.3, 0.4) is 0 Å². The Morgan fingerprint density at radius 3 is 2.46 bits per heavy atom. The molecule has 0 bridgehead atoms. The predicted molar refractivity (Wildman–Crippen MR) is 55.7 cm³/mol. The van der Waals surface area contributed by atoms with E-state index < -0.39 is 0 Å². The highest BCUT2D eigenvalue weighted by Crippen LogP contribution is 2.24. The smallest absolute Gasteiger partial charge is 0.0555 e. The summed E-state index contributed by atoms with van der Waals surface area (Å²) in [6, 6.07) is 0.641. The molecule has 1 rings (SSSR count). The van der Waals surface area contributed by atoms with E-state index in [1.165, 1.54) is 13.0 Å². The van der Waals surface area contributed by atoms with Crippen molar-refractivity contribution < 1.29 is 5.11 Å². The van der Waals surface area contributed by atoms with Crippen LogP contribution in [0, 0.1) is 5.92 Å². The van der Waals surface area contributed by atoms with Crippen molar-refractivity contribution in [2.75, 3.05) is 13.1 Å². The fraction of sp³-hybridized carbons (Fsp3) is 1.00. The van der Waals surface area contributed by atoms with E-state index >= 15 is 0 Å². The zero-order valence-corrected chi connectivity index (χ0v) is 9.16. The summed E-state index contributed by atoms with van der Waals surface area (Å²) in [6.45, 7) is 9.03. The summed E-state index contributed by atoms with van der Waals surface area (Å²) >= 11 is 0. The molecule has 1 saturated carbocycles. The molecule has 1 aliphatic rings. The standard InChI is InChI=1S/C11H23NO/c1-4-12(8-9(2)3)10-5-6-11(13)7-10/h9-11,13H,4-8H2,1-3H3. The minimum atomic E-state index is -0.0359. The Morgan fingerprint density at radius 1 is 1.38 bits per heavy atom. The Hall–Kier alpha value is -0.0800. The van der Waals surface area contributed by atoms with Gasteiger partial charge in [0.2, 0.25) is 0 Å². The van der Waals surface area contributed by atoms with Crippen molar-refractivity contribution in [1.29, 1.82) is 0 Å². The molecule has 1 fully saturated rings. The van der Waals surface area contributed by atoms with Gasteiger partial charge in [0.25, 0.3) is 0 Å². The van der Waals surface area contributed by atoms with E-state index in [1.807, 2.05) is 0 Å². The quantitative estimate of drug-likeness (QED) is 0.723. The second-order valence-corrected chi connectivity index (χ2v) is 4.60. The first-order chi connectivity index (χ1) is 6.13. The molecule has 0 aromatic heterocycles. The van der Waals surface area contributed by atoms with Crippen molar-refractivity contribution in [2.24, 2.45) is 5.92 Å². The lowest BCUT2D eigenvalue weighted by Gasteiger charge is -2.28. The normalized spacial score (nSPS) is 29.1. The second-order valence-electron chi connectivity index (χ2n) is 4.60. The maximum Gasteiger partial charge on any atom is 0.0555 e. The molecule has 2 unspecified atom stereocenters. The second kappa shape index (κ2) is 4.97. The van der Waals surface area contributed by atoms with Gasteiger partial charge in [0.15, 0.2) is 0 Å². The van der Waals surface area contributed by atoms with E-state index in [0.717, 1.165) is 25.3 Å². The summed E-state index contributed by atoms with van der Waals surface area (Å²) in [5.41, 5.74) is 0. The molecule has 1 N–H and O–H groups in total. The number of aliphatic hydroxyl groups excluding tert-OH is 1. The lowest BCUT2D eigenvalue weighted by molar-refractivity contribution is 0.146. The molecule has 0 saturated heterocycles. The van der Waals surface area contributed by atoms with Gasteiger partial charge in [-0.05, 0) is 31.7 Å². The summed E-state index contributed by atoms with van der Waals surface area (Å²) in [6.07, 6.45) is 3.13. The van der Waals surface area contributed by atoms with E-state index in [1.54, 1.807) is 0 Å². The Labute approximate surface area is 81.9 Å². The van der Waals surface area contributed by atoms with Gasteiger partial charge in [0, 0.05) is 12.6 Å². The SMILES string of the molecule is CCN(CC(C)C)C1CCC(O)C1. The van der Waals surface area contributed by atoms with Crippen LogP contribution >= 0.6 is 0 Å². The van der Waals surface area contributed by atoms with Crippen LogP contribution in [-0.2, 0) is 0 Å². The first kappa shape index (κ1) is 11.0. The number of rotatable bonds is 4. The number of hydrogen-bond donors (Lipinski definition) is 1. The molecule has 0 aromatic carbocycles. The average molecular weight is 185 g/mol. The van der Waals surface area contributed by atoms with E-state index in [9.17, 15) is 5.11 Å². The van der Waals surface area contributed by atoms with Crippen molar-refractivity contribution >= 4 is 0 Å². The van der Waals surface area contributed by atoms with Gasteiger partial charge < -0.3 is 10.0 Å². The van der Waals surface area contributed by atoms with Crippen molar-refractivity contribution in [3.63, 3.8) is 0 Å². The number of aliphatic hydroxyl groups is 1. The Morgan fingerprint density at radius 2 is 2.08 bits per heavy atom. The van der Waals surface area contributed by atoms with E-state index in [2.05, 4.69) is 25.7 Å². The van der Waals surface area contributed by atoms with E-state index in [4.69, 9.17) is 0 Å². The maximum absolute atomic E-state index is 9.45. The molecule has 0 radical (unpaired) electrons. The third kappa shape index (κ3) is 3.28. The van der Waals surface area contributed by atoms with Crippen LogP contribution < -0.4 is 0 Å². The molecule has 13 heavy (non-hydrogen) atoms. The summed E-state index contributed by atoms with van der Waals surface area (Å²) in [7, 11) is 0. The summed E-state index contributed by atoms with van der Waals surface area (Å²) < 4.78 is 0. The van der Waals surface area contributed by atoms with E-state index in [-0.39, 0.29) is 6.10 Å². The van der Waals surface area contributed by atoms with Crippen LogP contribution in [0.1, 0.15) is 40.0 Å². The average Bonchev–Trinajstić information content (AvgIpc) is 2.47. The van der Waals surface area contributed by atoms with Crippen molar-refractivity contribution in [3.05, 3.63) is 0 Å². The molecule has 2 heteroatoms. The first-order valence-electron chi connectivity index (χ1n) is 5.55. The van der Waals surface area contributed by atoms with Crippen molar-refractivity contribution in [2.45, 2.75) is 52.2 Å². The molecule has 0 aromatic rings. The van der Waals surface area contributed by atoms with Gasteiger partial charge in [-0.2, -0.15) is 0 Å². The molecule has 0 heterocycles. The fourth-order valence-corrected chi connectivity index (χ4v) is 2.27. The van der Waals surface area contributed by atoms with Crippen LogP contribution in [0.4, 0.5) is 0 Å². The summed E-state index contributed by atoms with van der Waals surface area (Å²) in [5, 5.41) is 9.45. The van der Waals surface area contributed by atoms with Gasteiger partial charge in [-0.3, -0.25) is 0 Å². The van der Waals surface area contributed by atoms with Crippen LogP contribution in [-0.4, -0.2) is 35.2 Å². The Balaban J connectivity index is 2.37. The van der Waals surface area contributed by atoms with E-state index in [0.29, 0.717) is 6.04 Å². The predicted octanol–water partition coefficient (Wildman–Crippen LogP) is 1.88. The fourth-order valence-electron chi connectivity index (χ4n) is 2.27. The molecule has 0 amide bonds. The lowest BCUT2D eigenvalue weighted by Crippen LogP contribution is -2.36. The highest BCUT2D eigenvalue weighted by Gasteiger charge is 2.27. The van der Waals surface area contributed by atoms with Crippen LogP contribution in [0.5, 0.6) is 0 Å². The molecule has 1 aliphatic carbocycles. The Kier molecular flexibility index (Phi) is 4.20. The first-order valence-corrected chi connectivity index (χ1v) is 5.55. The monoisotopic (exact) mass is 185 g/mol. The van der Waals surface area contributed by atoms with Gasteiger partial charge >= 0.3 is 0 Å². The summed E-state index contributed by atoms with van der Waals surface area (Å²) in [4.78, 5) is 2.51. The van der Waals surface area contributed by atoms with Gasteiger partial charge in [-0.15, -0.1) is 0 Å². The highest BCUT2D eigenvalue weighted by atomic mass is 16.3. The van der Waals surface area contributed by atoms with Gasteiger partial charge in [0.1, 0.15) is 0 Å². The third-order valence-corrected chi connectivity index (χ3v) is 2.90. The Bertz CT molecular complexity index is 147. The molecular formula is C11H23NO. The largest absolute Gasteiger partial charge is 0.393 e. The molecule has 2 atom stereocenters. The maximum atomic E-state index is 9.45. The van der Waals surface area contributed by atoms with Gasteiger partial charge in [0.05, 0.1) is 6.10 Å². The molecule has 78 valence electrons. The minimum Gasteiger partial charge on any atom is -0.393 e. The number of hydrogen-bond acceptors (Lipinski definition) is 2. The minimum absolute atomic E-state index is 0.0359. The van der Waals surface area contributed by atoms with Crippen LogP contribution in [0.25, 0.3) is 0 Å². The topological polar surface area (TPSA) is 23.5 Å². The van der Waals surface area contributed by atoms with Gasteiger partial charge in [-0.25, -0.2) is 0 Å². The highest BCUT2D eigenvalue weighted by molar-refractivity contribution is 4.82. The van der Waals surface area contributed by atoms with Crippen LogP contribution in [0.15, 0.2) is 0 Å². The zero-order chi connectivity index (χ0) is 9.84. The summed E-state index contributed by atoms with van der Waals surface area (Å²) in [5.74, 6) is 0.734. The van der Waals surface area contributed by atoms with Crippen molar-refractivity contribution in [3.8, 4) is 0 Å². The number of nitrogens with zero attached hydrogens (tertiary/aromatic N) is 1. The third-order valence-electron chi connectivity index (χ3n) is 2.90. The molecule has 0 spiro atoms.